The second-order valence-corrected chi connectivity index (χ2v) is 4.11. The van der Waals surface area contributed by atoms with Crippen molar-refractivity contribution in [2.24, 2.45) is 0 Å². The standard InChI is InChI=1S/C11H17N5O/c1-8(9(2)16-6-4-5-13-16)12-7-11-15-14-10(3)17-11/h4-6,8-9,12H,7H2,1-3H3/t8-,9+/m1/s1. The molecule has 0 aliphatic carbocycles. The summed E-state index contributed by atoms with van der Waals surface area (Å²) in [4.78, 5) is 0. The molecular formula is C11H17N5O. The Bertz CT molecular complexity index is 450. The average Bonchev–Trinajstić information content (AvgIpc) is 2.95. The second kappa shape index (κ2) is 5.09. The zero-order valence-corrected chi connectivity index (χ0v) is 10.3. The first kappa shape index (κ1) is 11.8. The molecule has 0 aromatic carbocycles. The molecule has 2 rings (SSSR count). The molecule has 0 aliphatic heterocycles. The lowest BCUT2D eigenvalue weighted by atomic mass is 10.2. The minimum atomic E-state index is 0.266. The molecule has 92 valence electrons. The van der Waals surface area contributed by atoms with Gasteiger partial charge in [0, 0.05) is 25.4 Å². The predicted octanol–water partition coefficient (Wildman–Crippen LogP) is 1.31. The lowest BCUT2D eigenvalue weighted by Gasteiger charge is -2.20. The largest absolute Gasteiger partial charge is 0.424 e. The number of nitrogens with one attached hydrogen (secondary N) is 1. The molecule has 0 aliphatic rings. The minimum Gasteiger partial charge on any atom is -0.424 e. The van der Waals surface area contributed by atoms with Crippen molar-refractivity contribution in [3.05, 3.63) is 30.2 Å². The third-order valence-electron chi connectivity index (χ3n) is 2.81. The van der Waals surface area contributed by atoms with Crippen LogP contribution >= 0.6 is 0 Å². The molecule has 0 fully saturated rings. The third kappa shape index (κ3) is 2.91. The molecule has 0 amide bonds. The van der Waals surface area contributed by atoms with Gasteiger partial charge in [-0.3, -0.25) is 4.68 Å². The van der Waals surface area contributed by atoms with E-state index in [4.69, 9.17) is 4.42 Å². The quantitative estimate of drug-likeness (QED) is 0.846. The van der Waals surface area contributed by atoms with Gasteiger partial charge in [-0.25, -0.2) is 0 Å². The van der Waals surface area contributed by atoms with Crippen LogP contribution in [0, 0.1) is 6.92 Å². The maximum absolute atomic E-state index is 5.30. The van der Waals surface area contributed by atoms with Crippen LogP contribution in [0.4, 0.5) is 0 Å². The Morgan fingerprint density at radius 2 is 2.24 bits per heavy atom. The van der Waals surface area contributed by atoms with E-state index in [1.54, 1.807) is 13.1 Å². The summed E-state index contributed by atoms with van der Waals surface area (Å²) in [5.74, 6) is 1.21. The van der Waals surface area contributed by atoms with Crippen molar-refractivity contribution in [3.8, 4) is 0 Å². The van der Waals surface area contributed by atoms with E-state index in [1.165, 1.54) is 0 Å². The molecule has 2 aromatic rings. The Kier molecular flexibility index (Phi) is 3.53. The van der Waals surface area contributed by atoms with Gasteiger partial charge >= 0.3 is 0 Å². The van der Waals surface area contributed by atoms with Gasteiger partial charge in [-0.1, -0.05) is 0 Å². The van der Waals surface area contributed by atoms with Gasteiger partial charge in [0.15, 0.2) is 0 Å². The van der Waals surface area contributed by atoms with Crippen LogP contribution in [0.1, 0.15) is 31.7 Å². The van der Waals surface area contributed by atoms with Crippen LogP contribution in [0.15, 0.2) is 22.9 Å². The summed E-state index contributed by atoms with van der Waals surface area (Å²) in [6.45, 7) is 6.58. The monoisotopic (exact) mass is 235 g/mol. The number of hydrogen-bond acceptors (Lipinski definition) is 5. The van der Waals surface area contributed by atoms with Gasteiger partial charge in [0.2, 0.25) is 11.8 Å². The highest BCUT2D eigenvalue weighted by Crippen LogP contribution is 2.09. The summed E-state index contributed by atoms with van der Waals surface area (Å²) in [6.07, 6.45) is 3.74. The smallest absolute Gasteiger partial charge is 0.230 e. The number of aromatic nitrogens is 4. The van der Waals surface area contributed by atoms with Crippen LogP contribution in [-0.2, 0) is 6.54 Å². The molecule has 0 saturated heterocycles. The topological polar surface area (TPSA) is 68.8 Å². The Hall–Kier alpha value is -1.69. The van der Waals surface area contributed by atoms with E-state index in [2.05, 4.69) is 34.5 Å². The molecule has 17 heavy (non-hydrogen) atoms. The molecule has 2 aromatic heterocycles. The van der Waals surface area contributed by atoms with Crippen molar-refractivity contribution in [2.45, 2.75) is 39.4 Å². The van der Waals surface area contributed by atoms with Crippen LogP contribution in [0.3, 0.4) is 0 Å². The SMILES string of the molecule is Cc1nnc(CN[C@H](C)[C@H](C)n2cccn2)o1. The molecule has 0 spiro atoms. The van der Waals surface area contributed by atoms with E-state index in [9.17, 15) is 0 Å². The normalized spacial score (nSPS) is 14.8. The lowest BCUT2D eigenvalue weighted by molar-refractivity contribution is 0.345. The van der Waals surface area contributed by atoms with Crippen molar-refractivity contribution in [1.82, 2.24) is 25.3 Å². The molecule has 0 radical (unpaired) electrons. The third-order valence-corrected chi connectivity index (χ3v) is 2.81. The summed E-state index contributed by atoms with van der Waals surface area (Å²) < 4.78 is 7.22. The summed E-state index contributed by atoms with van der Waals surface area (Å²) >= 11 is 0. The van der Waals surface area contributed by atoms with Crippen molar-refractivity contribution in [2.75, 3.05) is 0 Å². The fraction of sp³-hybridized carbons (Fsp3) is 0.545. The first-order valence-corrected chi connectivity index (χ1v) is 5.68. The van der Waals surface area contributed by atoms with E-state index >= 15 is 0 Å². The van der Waals surface area contributed by atoms with E-state index in [0.29, 0.717) is 18.3 Å². The van der Waals surface area contributed by atoms with Crippen LogP contribution < -0.4 is 5.32 Å². The molecule has 0 bridgehead atoms. The second-order valence-electron chi connectivity index (χ2n) is 4.11. The number of rotatable bonds is 5. The van der Waals surface area contributed by atoms with Crippen molar-refractivity contribution in [1.29, 1.82) is 0 Å². The Labute approximate surface area is 100 Å². The van der Waals surface area contributed by atoms with Gasteiger partial charge in [-0.15, -0.1) is 10.2 Å². The van der Waals surface area contributed by atoms with Gasteiger partial charge in [0.1, 0.15) is 0 Å². The van der Waals surface area contributed by atoms with Gasteiger partial charge in [-0.05, 0) is 19.9 Å². The zero-order chi connectivity index (χ0) is 12.3. The van der Waals surface area contributed by atoms with Crippen LogP contribution in [0.2, 0.25) is 0 Å². The molecule has 0 saturated carbocycles. The Morgan fingerprint density at radius 1 is 1.41 bits per heavy atom. The summed E-state index contributed by atoms with van der Waals surface area (Å²) in [7, 11) is 0. The van der Waals surface area contributed by atoms with Gasteiger partial charge in [0.25, 0.3) is 0 Å². The predicted molar refractivity (Wildman–Crippen MR) is 62.3 cm³/mol. The maximum atomic E-state index is 5.30. The van der Waals surface area contributed by atoms with Crippen molar-refractivity contribution in [3.63, 3.8) is 0 Å². The van der Waals surface area contributed by atoms with Crippen molar-refractivity contribution < 1.29 is 4.42 Å². The highest BCUT2D eigenvalue weighted by atomic mass is 16.4. The lowest BCUT2D eigenvalue weighted by Crippen LogP contribution is -2.33. The Morgan fingerprint density at radius 3 is 2.82 bits per heavy atom. The Balaban J connectivity index is 1.87. The molecular weight excluding hydrogens is 218 g/mol. The van der Waals surface area contributed by atoms with Crippen LogP contribution in [-0.4, -0.2) is 26.0 Å². The summed E-state index contributed by atoms with van der Waals surface area (Å²) in [5.41, 5.74) is 0. The number of aryl methyl sites for hydroxylation is 1. The van der Waals surface area contributed by atoms with Crippen LogP contribution in [0.5, 0.6) is 0 Å². The number of hydrogen-bond donors (Lipinski definition) is 1. The number of nitrogens with zero attached hydrogens (tertiary/aromatic N) is 4. The molecule has 6 nitrogen and oxygen atoms in total. The summed E-state index contributed by atoms with van der Waals surface area (Å²) in [5, 5.41) is 15.3. The molecule has 2 heterocycles. The van der Waals surface area contributed by atoms with Gasteiger partial charge in [0.05, 0.1) is 12.6 Å². The highest BCUT2D eigenvalue weighted by Gasteiger charge is 2.14. The first-order chi connectivity index (χ1) is 8.16. The van der Waals surface area contributed by atoms with Gasteiger partial charge in [-0.2, -0.15) is 5.10 Å². The fourth-order valence-electron chi connectivity index (χ4n) is 1.58. The minimum absolute atomic E-state index is 0.266. The summed E-state index contributed by atoms with van der Waals surface area (Å²) in [6, 6.07) is 2.46. The van der Waals surface area contributed by atoms with Gasteiger partial charge < -0.3 is 9.73 Å². The van der Waals surface area contributed by atoms with Crippen molar-refractivity contribution >= 4 is 0 Å². The average molecular weight is 235 g/mol. The first-order valence-electron chi connectivity index (χ1n) is 5.68. The maximum Gasteiger partial charge on any atom is 0.230 e. The zero-order valence-electron chi connectivity index (χ0n) is 10.3. The molecule has 6 heteroatoms. The van der Waals surface area contributed by atoms with E-state index < -0.39 is 0 Å². The molecule has 1 N–H and O–H groups in total. The highest BCUT2D eigenvalue weighted by molar-refractivity contribution is 4.85. The van der Waals surface area contributed by atoms with E-state index in [0.717, 1.165) is 0 Å². The van der Waals surface area contributed by atoms with E-state index in [1.807, 2.05) is 16.9 Å². The fourth-order valence-corrected chi connectivity index (χ4v) is 1.58. The van der Waals surface area contributed by atoms with Crippen LogP contribution in [0.25, 0.3) is 0 Å². The molecule has 0 unspecified atom stereocenters. The molecule has 2 atom stereocenters. The van der Waals surface area contributed by atoms with E-state index in [-0.39, 0.29) is 12.1 Å².